The minimum atomic E-state index is -2.89. The van der Waals surface area contributed by atoms with Gasteiger partial charge in [-0.05, 0) is 30.0 Å². The van der Waals surface area contributed by atoms with Crippen LogP contribution in [0.25, 0.3) is 0 Å². The molecule has 9 heteroatoms. The first-order chi connectivity index (χ1) is 14.4. The molecule has 1 aromatic carbocycles. The average Bonchev–Trinajstić information content (AvgIpc) is 2.70. The van der Waals surface area contributed by atoms with Gasteiger partial charge in [-0.3, -0.25) is 9.89 Å². The van der Waals surface area contributed by atoms with E-state index in [0.29, 0.717) is 31.4 Å². The monoisotopic (exact) mass is 428 g/mol. The largest absolute Gasteiger partial charge is 0.493 e. The Morgan fingerprint density at radius 3 is 2.77 bits per heavy atom. The zero-order valence-electron chi connectivity index (χ0n) is 18.3. The summed E-state index contributed by atoms with van der Waals surface area (Å²) >= 11 is 0. The molecule has 2 N–H and O–H groups in total. The summed E-state index contributed by atoms with van der Waals surface area (Å²) in [6.07, 6.45) is 0.735. The van der Waals surface area contributed by atoms with Gasteiger partial charge >= 0.3 is 6.61 Å². The molecule has 0 aliphatic carbocycles. The zero-order chi connectivity index (χ0) is 21.9. The molecule has 0 bridgehead atoms. The predicted octanol–water partition coefficient (Wildman–Crippen LogP) is 2.36. The van der Waals surface area contributed by atoms with Crippen LogP contribution >= 0.6 is 0 Å². The summed E-state index contributed by atoms with van der Waals surface area (Å²) in [5.41, 5.74) is 0.856. The molecule has 0 saturated carbocycles. The quantitative estimate of drug-likeness (QED) is 0.441. The van der Waals surface area contributed by atoms with E-state index in [2.05, 4.69) is 39.1 Å². The average molecular weight is 429 g/mol. The number of hydrogen-bond acceptors (Lipinski definition) is 5. The van der Waals surface area contributed by atoms with Crippen molar-refractivity contribution in [3.05, 3.63) is 23.8 Å². The first-order valence-electron chi connectivity index (χ1n) is 10.3. The second-order valence-electron chi connectivity index (χ2n) is 7.64. The third kappa shape index (κ3) is 8.31. The van der Waals surface area contributed by atoms with Gasteiger partial charge < -0.3 is 24.8 Å². The van der Waals surface area contributed by atoms with Crippen molar-refractivity contribution < 1.29 is 23.0 Å². The van der Waals surface area contributed by atoms with Gasteiger partial charge in [-0.2, -0.15) is 8.78 Å². The first kappa shape index (κ1) is 24.1. The van der Waals surface area contributed by atoms with Gasteiger partial charge in [0.2, 0.25) is 0 Å². The molecular formula is C21H34F2N4O3. The number of halogens is 2. The molecule has 1 unspecified atom stereocenters. The van der Waals surface area contributed by atoms with Crippen molar-refractivity contribution in [3.63, 3.8) is 0 Å². The highest BCUT2D eigenvalue weighted by molar-refractivity contribution is 5.79. The molecule has 170 valence electrons. The number of nitrogens with zero attached hydrogens (tertiary/aromatic N) is 2. The van der Waals surface area contributed by atoms with Crippen molar-refractivity contribution in [2.24, 2.45) is 10.9 Å². The van der Waals surface area contributed by atoms with Gasteiger partial charge in [-0.15, -0.1) is 0 Å². The van der Waals surface area contributed by atoms with Crippen molar-refractivity contribution in [2.75, 3.05) is 53.5 Å². The summed E-state index contributed by atoms with van der Waals surface area (Å²) in [7, 11) is 3.13. The molecule has 1 atom stereocenters. The maximum absolute atomic E-state index is 12.6. The normalized spacial score (nSPS) is 18.0. The Labute approximate surface area is 177 Å². The minimum absolute atomic E-state index is 0.0351. The number of benzene rings is 1. The third-order valence-corrected chi connectivity index (χ3v) is 4.72. The Morgan fingerprint density at radius 2 is 2.10 bits per heavy atom. The van der Waals surface area contributed by atoms with E-state index in [1.165, 1.54) is 7.11 Å². The molecule has 0 radical (unpaired) electrons. The van der Waals surface area contributed by atoms with Crippen LogP contribution < -0.4 is 20.1 Å². The molecule has 1 fully saturated rings. The number of guanidine groups is 1. The SMILES string of the molecule is CN=C(NCCc1ccc(OC)c(OC(F)F)c1)NCC1CN(CC(C)C)CCO1. The van der Waals surface area contributed by atoms with Crippen molar-refractivity contribution in [1.29, 1.82) is 0 Å². The second kappa shape index (κ2) is 12.5. The highest BCUT2D eigenvalue weighted by Crippen LogP contribution is 2.29. The van der Waals surface area contributed by atoms with E-state index in [-0.39, 0.29) is 17.6 Å². The van der Waals surface area contributed by atoms with Gasteiger partial charge in [-0.25, -0.2) is 0 Å². The van der Waals surface area contributed by atoms with Crippen LogP contribution in [-0.2, 0) is 11.2 Å². The van der Waals surface area contributed by atoms with Gasteiger partial charge in [0.15, 0.2) is 17.5 Å². The van der Waals surface area contributed by atoms with E-state index < -0.39 is 6.61 Å². The molecule has 30 heavy (non-hydrogen) atoms. The number of alkyl halides is 2. The van der Waals surface area contributed by atoms with Gasteiger partial charge in [0.25, 0.3) is 0 Å². The topological polar surface area (TPSA) is 67.4 Å². The lowest BCUT2D eigenvalue weighted by Crippen LogP contribution is -2.50. The second-order valence-corrected chi connectivity index (χ2v) is 7.64. The number of hydrogen-bond donors (Lipinski definition) is 2. The lowest BCUT2D eigenvalue weighted by molar-refractivity contribution is -0.0512. The number of aliphatic imine (C=N–C) groups is 1. The molecule has 7 nitrogen and oxygen atoms in total. The Balaban J connectivity index is 1.78. The molecule has 1 aliphatic rings. The van der Waals surface area contributed by atoms with Crippen LogP contribution in [-0.4, -0.2) is 77.1 Å². The van der Waals surface area contributed by atoms with Crippen molar-refractivity contribution in [1.82, 2.24) is 15.5 Å². The van der Waals surface area contributed by atoms with Crippen LogP contribution in [0.15, 0.2) is 23.2 Å². The summed E-state index contributed by atoms with van der Waals surface area (Å²) < 4.78 is 40.6. The van der Waals surface area contributed by atoms with Gasteiger partial charge in [-0.1, -0.05) is 19.9 Å². The van der Waals surface area contributed by atoms with Crippen LogP contribution in [0.5, 0.6) is 11.5 Å². The molecule has 0 spiro atoms. The number of morpholine rings is 1. The summed E-state index contributed by atoms with van der Waals surface area (Å²) in [5.74, 6) is 1.63. The Hall–Kier alpha value is -2.13. The van der Waals surface area contributed by atoms with Crippen LogP contribution in [0.1, 0.15) is 19.4 Å². The van der Waals surface area contributed by atoms with Gasteiger partial charge in [0.05, 0.1) is 19.8 Å². The van der Waals surface area contributed by atoms with Gasteiger partial charge in [0.1, 0.15) is 0 Å². The standard InChI is InChI=1S/C21H34F2N4O3/c1-15(2)13-27-9-10-29-17(14-27)12-26-21(24-3)25-8-7-16-5-6-18(28-4)19(11-16)30-20(22)23/h5-6,11,15,17,20H,7-10,12-14H2,1-4H3,(H2,24,25,26). The maximum atomic E-state index is 12.6. The molecule has 1 aliphatic heterocycles. The fraction of sp³-hybridized carbons (Fsp3) is 0.667. The number of ether oxygens (including phenoxy) is 3. The van der Waals surface area contributed by atoms with Crippen LogP contribution in [0.4, 0.5) is 8.78 Å². The summed E-state index contributed by atoms with van der Waals surface area (Å²) in [6.45, 7) is 6.50. The summed E-state index contributed by atoms with van der Waals surface area (Å²) in [6, 6.07) is 5.03. The lowest BCUT2D eigenvalue weighted by atomic mass is 10.1. The van der Waals surface area contributed by atoms with E-state index in [1.54, 1.807) is 19.2 Å². The van der Waals surface area contributed by atoms with Gasteiger partial charge in [0, 0.05) is 39.8 Å². The Morgan fingerprint density at radius 1 is 1.30 bits per heavy atom. The molecule has 0 amide bonds. The van der Waals surface area contributed by atoms with Crippen LogP contribution in [0.3, 0.4) is 0 Å². The van der Waals surface area contributed by atoms with Crippen molar-refractivity contribution >= 4 is 5.96 Å². The number of rotatable bonds is 10. The van der Waals surface area contributed by atoms with E-state index in [1.807, 2.05) is 6.07 Å². The van der Waals surface area contributed by atoms with E-state index >= 15 is 0 Å². The highest BCUT2D eigenvalue weighted by Gasteiger charge is 2.21. The van der Waals surface area contributed by atoms with E-state index in [4.69, 9.17) is 9.47 Å². The molecule has 2 rings (SSSR count). The smallest absolute Gasteiger partial charge is 0.387 e. The maximum Gasteiger partial charge on any atom is 0.387 e. The number of nitrogens with one attached hydrogen (secondary N) is 2. The first-order valence-corrected chi connectivity index (χ1v) is 10.3. The molecule has 1 aromatic rings. The van der Waals surface area contributed by atoms with E-state index in [9.17, 15) is 8.78 Å². The number of methoxy groups -OCH3 is 1. The summed E-state index contributed by atoms with van der Waals surface area (Å²) in [4.78, 5) is 6.67. The highest BCUT2D eigenvalue weighted by atomic mass is 19.3. The van der Waals surface area contributed by atoms with Crippen molar-refractivity contribution in [3.8, 4) is 11.5 Å². The Kier molecular flexibility index (Phi) is 10.1. The summed E-state index contributed by atoms with van der Waals surface area (Å²) in [5, 5.41) is 6.54. The lowest BCUT2D eigenvalue weighted by Gasteiger charge is -2.34. The molecule has 1 saturated heterocycles. The van der Waals surface area contributed by atoms with E-state index in [0.717, 1.165) is 31.8 Å². The predicted molar refractivity (Wildman–Crippen MR) is 114 cm³/mol. The van der Waals surface area contributed by atoms with Crippen molar-refractivity contribution in [2.45, 2.75) is 33.0 Å². The molecular weight excluding hydrogens is 394 g/mol. The molecule has 1 heterocycles. The van der Waals surface area contributed by atoms with Crippen LogP contribution in [0, 0.1) is 5.92 Å². The third-order valence-electron chi connectivity index (χ3n) is 4.72. The zero-order valence-corrected chi connectivity index (χ0v) is 18.3. The fourth-order valence-corrected chi connectivity index (χ4v) is 3.41. The van der Waals surface area contributed by atoms with Crippen LogP contribution in [0.2, 0.25) is 0 Å². The molecule has 0 aromatic heterocycles. The fourth-order valence-electron chi connectivity index (χ4n) is 3.41. The minimum Gasteiger partial charge on any atom is -0.493 e. The Bertz CT molecular complexity index is 674.